The lowest BCUT2D eigenvalue weighted by Gasteiger charge is -2.35. The minimum atomic E-state index is -3.80. The monoisotopic (exact) mass is 450 g/mol. The summed E-state index contributed by atoms with van der Waals surface area (Å²) in [4.78, 5) is 6.71. The molecule has 0 N–H and O–H groups in total. The standard InChI is InChI=1S/C20H20Cl2N4O2S/c21-16-5-3-6-17(22)19(16)29(27,28)26-10-8-25(9-11-26)20-15(13-23)12-14-4-1-2-7-18(14)24-20/h3,5-6,12H,1-2,4,7-11H2. The van der Waals surface area contributed by atoms with E-state index in [4.69, 9.17) is 28.2 Å². The lowest BCUT2D eigenvalue weighted by atomic mass is 9.95. The van der Waals surface area contributed by atoms with Crippen LogP contribution in [0.4, 0.5) is 5.82 Å². The smallest absolute Gasteiger partial charge is 0.246 e. The summed E-state index contributed by atoms with van der Waals surface area (Å²) < 4.78 is 27.5. The molecule has 4 rings (SSSR count). The molecule has 0 spiro atoms. The number of hydrogen-bond acceptors (Lipinski definition) is 5. The molecule has 9 heteroatoms. The summed E-state index contributed by atoms with van der Waals surface area (Å²) in [5.74, 6) is 0.654. The summed E-state index contributed by atoms with van der Waals surface area (Å²) in [5, 5.41) is 9.82. The molecule has 152 valence electrons. The number of aromatic nitrogens is 1. The Labute approximate surface area is 180 Å². The van der Waals surface area contributed by atoms with Crippen LogP contribution >= 0.6 is 23.2 Å². The van der Waals surface area contributed by atoms with Crippen LogP contribution in [0.3, 0.4) is 0 Å². The topological polar surface area (TPSA) is 77.3 Å². The SMILES string of the molecule is N#Cc1cc2c(nc1N1CCN(S(=O)(=O)c3c(Cl)cccc3Cl)CC1)CCCC2. The summed E-state index contributed by atoms with van der Waals surface area (Å²) in [7, 11) is -3.80. The third kappa shape index (κ3) is 3.82. The maximum atomic E-state index is 13.1. The summed E-state index contributed by atoms with van der Waals surface area (Å²) >= 11 is 12.2. The fourth-order valence-electron chi connectivity index (χ4n) is 3.94. The van der Waals surface area contributed by atoms with Gasteiger partial charge in [0.1, 0.15) is 16.8 Å². The Hall–Kier alpha value is -1.85. The highest BCUT2D eigenvalue weighted by atomic mass is 35.5. The van der Waals surface area contributed by atoms with Crippen LogP contribution in [0.25, 0.3) is 0 Å². The zero-order valence-corrected chi connectivity index (χ0v) is 18.1. The lowest BCUT2D eigenvalue weighted by molar-refractivity contribution is 0.383. The Balaban J connectivity index is 1.57. The van der Waals surface area contributed by atoms with E-state index in [0.717, 1.165) is 36.9 Å². The van der Waals surface area contributed by atoms with Crippen molar-refractivity contribution < 1.29 is 8.42 Å². The Kier molecular flexibility index (Phi) is 5.71. The Morgan fingerprint density at radius 1 is 1.03 bits per heavy atom. The molecule has 29 heavy (non-hydrogen) atoms. The van der Waals surface area contributed by atoms with Gasteiger partial charge in [0.25, 0.3) is 0 Å². The first-order valence-corrected chi connectivity index (χ1v) is 11.7. The molecule has 0 saturated carbocycles. The first kappa shape index (κ1) is 20.4. The zero-order valence-electron chi connectivity index (χ0n) is 15.7. The Morgan fingerprint density at radius 2 is 1.69 bits per heavy atom. The minimum Gasteiger partial charge on any atom is -0.353 e. The summed E-state index contributed by atoms with van der Waals surface area (Å²) in [5.41, 5.74) is 2.77. The first-order chi connectivity index (χ1) is 13.9. The van der Waals surface area contributed by atoms with Crippen molar-refractivity contribution in [2.75, 3.05) is 31.1 Å². The van der Waals surface area contributed by atoms with Crippen LogP contribution < -0.4 is 4.90 Å². The van der Waals surface area contributed by atoms with Crippen molar-refractivity contribution in [1.82, 2.24) is 9.29 Å². The molecule has 1 fully saturated rings. The summed E-state index contributed by atoms with van der Waals surface area (Å²) in [6, 6.07) is 8.86. The number of piperazine rings is 1. The molecule has 1 aromatic carbocycles. The molecule has 2 heterocycles. The average molecular weight is 451 g/mol. The van der Waals surface area contributed by atoms with Crippen LogP contribution in [0.2, 0.25) is 10.0 Å². The number of anilines is 1. The molecule has 6 nitrogen and oxygen atoms in total. The van der Waals surface area contributed by atoms with Crippen molar-refractivity contribution in [3.63, 3.8) is 0 Å². The molecule has 1 aliphatic heterocycles. The highest BCUT2D eigenvalue weighted by Crippen LogP contribution is 2.33. The fourth-order valence-corrected chi connectivity index (χ4v) is 6.46. The van der Waals surface area contributed by atoms with Crippen molar-refractivity contribution in [3.05, 3.63) is 51.1 Å². The summed E-state index contributed by atoms with van der Waals surface area (Å²) in [6.45, 7) is 1.44. The van der Waals surface area contributed by atoms with Crippen molar-refractivity contribution in [3.8, 4) is 6.07 Å². The van der Waals surface area contributed by atoms with E-state index in [0.29, 0.717) is 24.5 Å². The van der Waals surface area contributed by atoms with E-state index in [1.807, 2.05) is 11.0 Å². The van der Waals surface area contributed by atoms with E-state index in [-0.39, 0.29) is 28.0 Å². The number of pyridine rings is 1. The van der Waals surface area contributed by atoms with Gasteiger partial charge >= 0.3 is 0 Å². The van der Waals surface area contributed by atoms with Crippen molar-refractivity contribution in [2.45, 2.75) is 30.6 Å². The highest BCUT2D eigenvalue weighted by molar-refractivity contribution is 7.89. The predicted molar refractivity (Wildman–Crippen MR) is 113 cm³/mol. The van der Waals surface area contributed by atoms with E-state index in [2.05, 4.69) is 6.07 Å². The number of benzene rings is 1. The van der Waals surface area contributed by atoms with Gasteiger partial charge < -0.3 is 4.90 Å². The van der Waals surface area contributed by atoms with Gasteiger partial charge in [-0.15, -0.1) is 0 Å². The van der Waals surface area contributed by atoms with Gasteiger partial charge in [0.2, 0.25) is 10.0 Å². The quantitative estimate of drug-likeness (QED) is 0.712. The van der Waals surface area contributed by atoms with Crippen molar-refractivity contribution >= 4 is 39.0 Å². The first-order valence-electron chi connectivity index (χ1n) is 9.54. The largest absolute Gasteiger partial charge is 0.353 e. The van der Waals surface area contributed by atoms with Gasteiger partial charge in [-0.2, -0.15) is 9.57 Å². The summed E-state index contributed by atoms with van der Waals surface area (Å²) in [6.07, 6.45) is 4.12. The maximum Gasteiger partial charge on any atom is 0.246 e. The van der Waals surface area contributed by atoms with Crippen molar-refractivity contribution in [2.24, 2.45) is 0 Å². The van der Waals surface area contributed by atoms with E-state index >= 15 is 0 Å². The van der Waals surface area contributed by atoms with Gasteiger partial charge in [-0.3, -0.25) is 0 Å². The number of nitrogens with zero attached hydrogens (tertiary/aromatic N) is 4. The molecule has 2 aromatic rings. The second kappa shape index (κ2) is 8.11. The number of halogens is 2. The van der Waals surface area contributed by atoms with Crippen LogP contribution in [0.15, 0.2) is 29.2 Å². The van der Waals surface area contributed by atoms with Crippen LogP contribution in [-0.4, -0.2) is 43.9 Å². The second-order valence-electron chi connectivity index (χ2n) is 7.23. The second-order valence-corrected chi connectivity index (χ2v) is 9.92. The third-order valence-corrected chi connectivity index (χ3v) is 8.31. The molecule has 1 aliphatic carbocycles. The fraction of sp³-hybridized carbons (Fsp3) is 0.400. The number of nitriles is 1. The molecule has 0 atom stereocenters. The van der Waals surface area contributed by atoms with Gasteiger partial charge in [-0.25, -0.2) is 13.4 Å². The van der Waals surface area contributed by atoms with Gasteiger partial charge in [-0.1, -0.05) is 29.3 Å². The number of fused-ring (bicyclic) bond motifs is 1. The van der Waals surface area contributed by atoms with Gasteiger partial charge in [-0.05, 0) is 49.4 Å². The molecular formula is C20H20Cl2N4O2S. The van der Waals surface area contributed by atoms with Crippen LogP contribution in [0.5, 0.6) is 0 Å². The number of sulfonamides is 1. The molecule has 0 unspecified atom stereocenters. The Morgan fingerprint density at radius 3 is 2.34 bits per heavy atom. The van der Waals surface area contributed by atoms with E-state index in [1.165, 1.54) is 16.4 Å². The number of hydrogen-bond donors (Lipinski definition) is 0. The van der Waals surface area contributed by atoms with Crippen LogP contribution in [0.1, 0.15) is 29.7 Å². The van der Waals surface area contributed by atoms with E-state index < -0.39 is 10.0 Å². The molecule has 0 amide bonds. The third-order valence-electron chi connectivity index (χ3n) is 5.46. The van der Waals surface area contributed by atoms with Gasteiger partial charge in [0.15, 0.2) is 0 Å². The van der Waals surface area contributed by atoms with E-state index in [9.17, 15) is 13.7 Å². The normalized spacial score (nSPS) is 17.6. The van der Waals surface area contributed by atoms with Gasteiger partial charge in [0.05, 0.1) is 15.6 Å². The highest BCUT2D eigenvalue weighted by Gasteiger charge is 2.33. The van der Waals surface area contributed by atoms with Crippen LogP contribution in [-0.2, 0) is 22.9 Å². The molecule has 0 radical (unpaired) electrons. The molecule has 2 aliphatic rings. The average Bonchev–Trinajstić information content (AvgIpc) is 2.72. The van der Waals surface area contributed by atoms with Gasteiger partial charge in [0, 0.05) is 31.9 Å². The zero-order chi connectivity index (χ0) is 20.6. The van der Waals surface area contributed by atoms with Crippen LogP contribution in [0, 0.1) is 11.3 Å². The number of aryl methyl sites for hydroxylation is 2. The molecule has 0 bridgehead atoms. The predicted octanol–water partition coefficient (Wildman–Crippen LogP) is 3.65. The molecule has 1 aromatic heterocycles. The lowest BCUT2D eigenvalue weighted by Crippen LogP contribution is -2.49. The molecule has 1 saturated heterocycles. The number of rotatable bonds is 3. The van der Waals surface area contributed by atoms with Crippen molar-refractivity contribution in [1.29, 1.82) is 5.26 Å². The Bertz CT molecular complexity index is 1070. The molecular weight excluding hydrogens is 431 g/mol. The van der Waals surface area contributed by atoms with E-state index in [1.54, 1.807) is 6.07 Å². The maximum absolute atomic E-state index is 13.1. The minimum absolute atomic E-state index is 0.0543.